The first-order chi connectivity index (χ1) is 5.38. The van der Waals surface area contributed by atoms with Crippen LogP contribution in [0, 0.1) is 5.92 Å². The minimum absolute atomic E-state index is 0.712. The fraction of sp³-hybridized carbons (Fsp3) is 0.800. The van der Waals surface area contributed by atoms with Crippen LogP contribution in [0.3, 0.4) is 0 Å². The zero-order valence-corrected chi connectivity index (χ0v) is 7.60. The van der Waals surface area contributed by atoms with Gasteiger partial charge in [0, 0.05) is 5.92 Å². The lowest BCUT2D eigenvalue weighted by Crippen LogP contribution is -2.10. The van der Waals surface area contributed by atoms with E-state index in [-0.39, 0.29) is 0 Å². The smallest absolute Gasteiger partial charge is 0.0950 e. The van der Waals surface area contributed by atoms with Gasteiger partial charge in [-0.15, -0.1) is 0 Å². The van der Waals surface area contributed by atoms with Gasteiger partial charge in [0.25, 0.3) is 0 Å². The van der Waals surface area contributed by atoms with Gasteiger partial charge in [0.2, 0.25) is 0 Å². The third kappa shape index (κ3) is 2.25. The lowest BCUT2D eigenvalue weighted by Gasteiger charge is -2.22. The molecule has 1 aliphatic rings. The Labute approximate surface area is 69.4 Å². The normalized spacial score (nSPS) is 24.5. The zero-order valence-electron chi connectivity index (χ0n) is 7.60. The second-order valence-corrected chi connectivity index (χ2v) is 3.08. The summed E-state index contributed by atoms with van der Waals surface area (Å²) in [7, 11) is 0. The highest BCUT2D eigenvalue weighted by molar-refractivity contribution is 5.02. The van der Waals surface area contributed by atoms with Crippen LogP contribution in [0.1, 0.15) is 39.5 Å². The fourth-order valence-electron chi connectivity index (χ4n) is 1.67. The van der Waals surface area contributed by atoms with E-state index >= 15 is 0 Å². The van der Waals surface area contributed by atoms with Gasteiger partial charge in [0.1, 0.15) is 0 Å². The molecule has 0 N–H and O–H groups in total. The zero-order chi connectivity index (χ0) is 8.10. The Kier molecular flexibility index (Phi) is 3.47. The summed E-state index contributed by atoms with van der Waals surface area (Å²) in [5.74, 6) is 1.96. The van der Waals surface area contributed by atoms with Gasteiger partial charge in [-0.05, 0) is 38.7 Å². The number of hydrogen-bond donors (Lipinski definition) is 0. The van der Waals surface area contributed by atoms with Crippen LogP contribution in [0.4, 0.5) is 0 Å². The molecule has 0 saturated heterocycles. The molecule has 0 amide bonds. The average Bonchev–Trinajstić information content (AvgIpc) is 2.06. The molecule has 64 valence electrons. The van der Waals surface area contributed by atoms with E-state index in [9.17, 15) is 0 Å². The molecule has 0 spiro atoms. The summed E-state index contributed by atoms with van der Waals surface area (Å²) in [6.45, 7) is 5.12. The van der Waals surface area contributed by atoms with Crippen LogP contribution in [-0.2, 0) is 4.74 Å². The Morgan fingerprint density at radius 1 is 1.55 bits per heavy atom. The van der Waals surface area contributed by atoms with Crippen LogP contribution in [0.2, 0.25) is 0 Å². The topological polar surface area (TPSA) is 9.23 Å². The Bertz CT molecular complexity index is 138. The van der Waals surface area contributed by atoms with Crippen molar-refractivity contribution in [2.75, 3.05) is 6.61 Å². The Balaban J connectivity index is 2.48. The molecule has 0 aliphatic heterocycles. The van der Waals surface area contributed by atoms with Crippen LogP contribution in [0.15, 0.2) is 11.8 Å². The summed E-state index contributed by atoms with van der Waals surface area (Å²) in [4.78, 5) is 0. The van der Waals surface area contributed by atoms with Gasteiger partial charge >= 0.3 is 0 Å². The maximum absolute atomic E-state index is 5.55. The molecule has 0 bridgehead atoms. The molecule has 0 aromatic rings. The van der Waals surface area contributed by atoms with E-state index in [1.807, 2.05) is 0 Å². The van der Waals surface area contributed by atoms with Crippen molar-refractivity contribution < 1.29 is 4.74 Å². The molecule has 11 heavy (non-hydrogen) atoms. The third-order valence-corrected chi connectivity index (χ3v) is 2.31. The quantitative estimate of drug-likeness (QED) is 0.607. The van der Waals surface area contributed by atoms with E-state index in [0.717, 1.165) is 6.61 Å². The highest BCUT2D eigenvalue weighted by Crippen LogP contribution is 2.27. The van der Waals surface area contributed by atoms with Gasteiger partial charge in [-0.1, -0.05) is 6.92 Å². The minimum Gasteiger partial charge on any atom is -0.498 e. The number of hydrogen-bond acceptors (Lipinski definition) is 1. The monoisotopic (exact) mass is 154 g/mol. The van der Waals surface area contributed by atoms with E-state index in [1.165, 1.54) is 31.4 Å². The van der Waals surface area contributed by atoms with Crippen LogP contribution in [-0.4, -0.2) is 6.61 Å². The molecular weight excluding hydrogens is 136 g/mol. The predicted octanol–water partition coefficient (Wildman–Crippen LogP) is 3.12. The van der Waals surface area contributed by atoms with E-state index in [2.05, 4.69) is 19.9 Å². The molecule has 0 heterocycles. The van der Waals surface area contributed by atoms with Crippen molar-refractivity contribution in [1.82, 2.24) is 0 Å². The lowest BCUT2D eigenvalue weighted by molar-refractivity contribution is 0.176. The summed E-state index contributed by atoms with van der Waals surface area (Å²) in [6, 6.07) is 0. The molecule has 0 aromatic heterocycles. The van der Waals surface area contributed by atoms with E-state index in [0.29, 0.717) is 5.92 Å². The van der Waals surface area contributed by atoms with Gasteiger partial charge in [-0.3, -0.25) is 0 Å². The van der Waals surface area contributed by atoms with Gasteiger partial charge in [0.05, 0.1) is 12.4 Å². The van der Waals surface area contributed by atoms with Crippen molar-refractivity contribution in [3.8, 4) is 0 Å². The van der Waals surface area contributed by atoms with E-state index in [1.54, 1.807) is 0 Å². The van der Waals surface area contributed by atoms with Crippen molar-refractivity contribution in [1.29, 1.82) is 0 Å². The van der Waals surface area contributed by atoms with Crippen LogP contribution in [0.5, 0.6) is 0 Å². The van der Waals surface area contributed by atoms with Crippen molar-refractivity contribution in [3.63, 3.8) is 0 Å². The van der Waals surface area contributed by atoms with Crippen molar-refractivity contribution in [3.05, 3.63) is 11.8 Å². The first-order valence-corrected chi connectivity index (χ1v) is 4.71. The maximum Gasteiger partial charge on any atom is 0.0950 e. The molecule has 0 saturated carbocycles. The Morgan fingerprint density at radius 2 is 2.36 bits per heavy atom. The highest BCUT2D eigenvalue weighted by Gasteiger charge is 2.16. The fourth-order valence-corrected chi connectivity index (χ4v) is 1.67. The Hall–Kier alpha value is -0.460. The molecule has 0 radical (unpaired) electrons. The molecule has 1 rings (SSSR count). The summed E-state index contributed by atoms with van der Waals surface area (Å²) < 4.78 is 5.55. The van der Waals surface area contributed by atoms with Crippen molar-refractivity contribution in [2.45, 2.75) is 39.5 Å². The number of rotatable bonds is 3. The van der Waals surface area contributed by atoms with Crippen molar-refractivity contribution in [2.24, 2.45) is 5.92 Å². The largest absolute Gasteiger partial charge is 0.498 e. The molecule has 1 atom stereocenters. The summed E-state index contributed by atoms with van der Waals surface area (Å²) in [6.07, 6.45) is 7.37. The maximum atomic E-state index is 5.55. The SMILES string of the molecule is CCOC1=CCCCC1CC. The molecule has 1 aliphatic carbocycles. The number of allylic oxidation sites excluding steroid dienone is 2. The minimum atomic E-state index is 0.712. The summed E-state index contributed by atoms with van der Waals surface area (Å²) in [5, 5.41) is 0. The molecule has 0 aromatic carbocycles. The number of ether oxygens (including phenoxy) is 1. The Morgan fingerprint density at radius 3 is 3.00 bits per heavy atom. The van der Waals surface area contributed by atoms with Gasteiger partial charge in [0.15, 0.2) is 0 Å². The standard InChI is InChI=1S/C10H18O/c1-3-9-7-5-6-8-10(9)11-4-2/h8-9H,3-7H2,1-2H3. The van der Waals surface area contributed by atoms with Gasteiger partial charge < -0.3 is 4.74 Å². The third-order valence-electron chi connectivity index (χ3n) is 2.31. The predicted molar refractivity (Wildman–Crippen MR) is 47.3 cm³/mol. The highest BCUT2D eigenvalue weighted by atomic mass is 16.5. The van der Waals surface area contributed by atoms with Gasteiger partial charge in [-0.25, -0.2) is 0 Å². The first kappa shape index (κ1) is 8.63. The summed E-state index contributed by atoms with van der Waals surface area (Å²) >= 11 is 0. The molecular formula is C10H18O. The first-order valence-electron chi connectivity index (χ1n) is 4.71. The second kappa shape index (κ2) is 4.42. The average molecular weight is 154 g/mol. The van der Waals surface area contributed by atoms with Gasteiger partial charge in [-0.2, -0.15) is 0 Å². The molecule has 1 unspecified atom stereocenters. The van der Waals surface area contributed by atoms with Crippen molar-refractivity contribution >= 4 is 0 Å². The van der Waals surface area contributed by atoms with E-state index in [4.69, 9.17) is 4.74 Å². The van der Waals surface area contributed by atoms with Crippen LogP contribution >= 0.6 is 0 Å². The lowest BCUT2D eigenvalue weighted by atomic mass is 9.92. The molecule has 0 fully saturated rings. The van der Waals surface area contributed by atoms with Crippen LogP contribution < -0.4 is 0 Å². The summed E-state index contributed by atoms with van der Waals surface area (Å²) in [5.41, 5.74) is 0. The van der Waals surface area contributed by atoms with Crippen LogP contribution in [0.25, 0.3) is 0 Å². The van der Waals surface area contributed by atoms with E-state index < -0.39 is 0 Å². The molecule has 1 nitrogen and oxygen atoms in total. The molecule has 1 heteroatoms. The second-order valence-electron chi connectivity index (χ2n) is 3.08.